The van der Waals surface area contributed by atoms with E-state index >= 15 is 0 Å². The van der Waals surface area contributed by atoms with Gasteiger partial charge in [0.15, 0.2) is 0 Å². The summed E-state index contributed by atoms with van der Waals surface area (Å²) in [6.45, 7) is 0. The van der Waals surface area contributed by atoms with E-state index in [9.17, 15) is 13.9 Å². The van der Waals surface area contributed by atoms with Gasteiger partial charge in [-0.1, -0.05) is 23.2 Å². The van der Waals surface area contributed by atoms with Crippen LogP contribution in [0.2, 0.25) is 10.0 Å². The predicted molar refractivity (Wildman–Crippen MR) is 51.1 cm³/mol. The van der Waals surface area contributed by atoms with Crippen molar-refractivity contribution in [2.24, 2.45) is 5.73 Å². The molecule has 3 N–H and O–H groups in total. The summed E-state index contributed by atoms with van der Waals surface area (Å²) < 4.78 is 24.5. The van der Waals surface area contributed by atoms with E-state index in [2.05, 4.69) is 0 Å². The number of benzene rings is 1. The molecule has 1 aromatic rings. The molecule has 0 aliphatic rings. The highest BCUT2D eigenvalue weighted by atomic mass is 35.5. The Morgan fingerprint density at radius 3 is 2.36 bits per heavy atom. The third-order valence-electron chi connectivity index (χ3n) is 1.69. The maximum atomic E-state index is 12.2. The average molecular weight is 242 g/mol. The fraction of sp³-hybridized carbons (Fsp3) is 0.250. The summed E-state index contributed by atoms with van der Waals surface area (Å²) in [7, 11) is 0. The number of phenols is 1. The lowest BCUT2D eigenvalue weighted by Crippen LogP contribution is -2.19. The van der Waals surface area contributed by atoms with Crippen LogP contribution in [0.3, 0.4) is 0 Å². The molecule has 0 aliphatic heterocycles. The number of nitrogens with two attached hydrogens (primary N) is 1. The van der Waals surface area contributed by atoms with Crippen LogP contribution < -0.4 is 5.73 Å². The van der Waals surface area contributed by atoms with Crippen LogP contribution in [0.25, 0.3) is 0 Å². The van der Waals surface area contributed by atoms with Gasteiger partial charge in [-0.25, -0.2) is 8.78 Å². The van der Waals surface area contributed by atoms with Crippen LogP contribution in [0.1, 0.15) is 11.6 Å². The van der Waals surface area contributed by atoms with E-state index in [1.807, 2.05) is 0 Å². The highest BCUT2D eigenvalue weighted by molar-refractivity contribution is 6.35. The van der Waals surface area contributed by atoms with Crippen molar-refractivity contribution >= 4 is 23.2 Å². The summed E-state index contributed by atoms with van der Waals surface area (Å²) in [5, 5.41) is 9.40. The molecule has 0 unspecified atom stereocenters. The van der Waals surface area contributed by atoms with Crippen molar-refractivity contribution in [3.8, 4) is 5.75 Å². The quantitative estimate of drug-likeness (QED) is 0.837. The SMILES string of the molecule is N[C@H](c1cc(Cl)cc(Cl)c1O)C(F)F. The maximum Gasteiger partial charge on any atom is 0.257 e. The topological polar surface area (TPSA) is 46.2 Å². The smallest absolute Gasteiger partial charge is 0.257 e. The van der Waals surface area contributed by atoms with Crippen LogP contribution >= 0.6 is 23.2 Å². The lowest BCUT2D eigenvalue weighted by Gasteiger charge is -2.13. The largest absolute Gasteiger partial charge is 0.506 e. The van der Waals surface area contributed by atoms with Crippen molar-refractivity contribution in [3.05, 3.63) is 27.7 Å². The first-order valence-corrected chi connectivity index (χ1v) is 4.40. The summed E-state index contributed by atoms with van der Waals surface area (Å²) in [5.41, 5.74) is 4.99. The molecule has 0 fully saturated rings. The van der Waals surface area contributed by atoms with Gasteiger partial charge in [0.1, 0.15) is 5.75 Å². The Morgan fingerprint density at radius 2 is 1.86 bits per heavy atom. The minimum absolute atomic E-state index is 0.0939. The molecular formula is C8H7Cl2F2NO. The highest BCUT2D eigenvalue weighted by Gasteiger charge is 2.22. The molecule has 0 heterocycles. The zero-order valence-corrected chi connectivity index (χ0v) is 8.36. The molecule has 2 nitrogen and oxygen atoms in total. The van der Waals surface area contributed by atoms with E-state index in [4.69, 9.17) is 28.9 Å². The van der Waals surface area contributed by atoms with Crippen LogP contribution in [0.15, 0.2) is 12.1 Å². The highest BCUT2D eigenvalue weighted by Crippen LogP contribution is 2.35. The molecule has 0 saturated heterocycles. The van der Waals surface area contributed by atoms with E-state index in [0.29, 0.717) is 0 Å². The number of halogens is 4. The predicted octanol–water partition coefficient (Wildman–Crippen LogP) is 2.96. The lowest BCUT2D eigenvalue weighted by atomic mass is 10.1. The van der Waals surface area contributed by atoms with Crippen molar-refractivity contribution < 1.29 is 13.9 Å². The molecule has 0 aromatic heterocycles. The standard InChI is InChI=1S/C8H7Cl2F2NO/c9-3-1-4(6(13)8(11)12)7(14)5(10)2-3/h1-2,6,8,14H,13H2/t6-/m1/s1. The number of alkyl halides is 2. The molecule has 6 heteroatoms. The fourth-order valence-corrected chi connectivity index (χ4v) is 1.48. The second-order valence-corrected chi connectivity index (χ2v) is 3.53. The number of aromatic hydroxyl groups is 1. The second-order valence-electron chi connectivity index (χ2n) is 2.69. The Hall–Kier alpha value is -0.580. The average Bonchev–Trinajstić information content (AvgIpc) is 2.09. The maximum absolute atomic E-state index is 12.2. The van der Waals surface area contributed by atoms with Crippen molar-refractivity contribution in [2.75, 3.05) is 0 Å². The van der Waals surface area contributed by atoms with Gasteiger partial charge in [-0.15, -0.1) is 0 Å². The van der Waals surface area contributed by atoms with Gasteiger partial charge >= 0.3 is 0 Å². The molecule has 0 amide bonds. The summed E-state index contributed by atoms with van der Waals surface area (Å²) in [5.74, 6) is -0.455. The van der Waals surface area contributed by atoms with E-state index in [1.165, 1.54) is 12.1 Å². The molecule has 0 saturated carbocycles. The molecule has 0 bridgehead atoms. The molecular weight excluding hydrogens is 235 g/mol. The van der Waals surface area contributed by atoms with Crippen LogP contribution in [-0.2, 0) is 0 Å². The normalized spacial score (nSPS) is 13.3. The third kappa shape index (κ3) is 2.26. The van der Waals surface area contributed by atoms with Gasteiger partial charge < -0.3 is 10.8 Å². The van der Waals surface area contributed by atoms with Crippen LogP contribution in [0.5, 0.6) is 5.75 Å². The van der Waals surface area contributed by atoms with Crippen molar-refractivity contribution in [2.45, 2.75) is 12.5 Å². The molecule has 1 atom stereocenters. The van der Waals surface area contributed by atoms with Crippen molar-refractivity contribution in [1.29, 1.82) is 0 Å². The van der Waals surface area contributed by atoms with Gasteiger partial charge in [-0.3, -0.25) is 0 Å². The number of rotatable bonds is 2. The molecule has 78 valence electrons. The second kappa shape index (κ2) is 4.29. The van der Waals surface area contributed by atoms with E-state index < -0.39 is 18.2 Å². The summed E-state index contributed by atoms with van der Waals surface area (Å²) >= 11 is 11.1. The molecule has 0 spiro atoms. The fourth-order valence-electron chi connectivity index (χ4n) is 0.976. The van der Waals surface area contributed by atoms with Gasteiger partial charge in [0.05, 0.1) is 11.1 Å². The van der Waals surface area contributed by atoms with E-state index in [-0.39, 0.29) is 15.6 Å². The first-order valence-electron chi connectivity index (χ1n) is 3.65. The van der Waals surface area contributed by atoms with Crippen LogP contribution in [0, 0.1) is 0 Å². The van der Waals surface area contributed by atoms with Gasteiger partial charge in [0.25, 0.3) is 6.43 Å². The Bertz CT molecular complexity index is 346. The summed E-state index contributed by atoms with van der Waals surface area (Å²) in [6.07, 6.45) is -2.78. The Balaban J connectivity index is 3.20. The molecule has 14 heavy (non-hydrogen) atoms. The molecule has 0 radical (unpaired) electrons. The Kier molecular flexibility index (Phi) is 3.53. The number of hydrogen-bond donors (Lipinski definition) is 2. The van der Waals surface area contributed by atoms with Crippen LogP contribution in [0.4, 0.5) is 8.78 Å². The van der Waals surface area contributed by atoms with Gasteiger partial charge in [0.2, 0.25) is 0 Å². The van der Waals surface area contributed by atoms with E-state index in [0.717, 1.165) is 0 Å². The lowest BCUT2D eigenvalue weighted by molar-refractivity contribution is 0.115. The molecule has 1 rings (SSSR count). The first kappa shape index (κ1) is 11.5. The molecule has 1 aromatic carbocycles. The van der Waals surface area contributed by atoms with Gasteiger partial charge in [-0.2, -0.15) is 0 Å². The van der Waals surface area contributed by atoms with Crippen molar-refractivity contribution in [1.82, 2.24) is 0 Å². The van der Waals surface area contributed by atoms with E-state index in [1.54, 1.807) is 0 Å². The molecule has 0 aliphatic carbocycles. The van der Waals surface area contributed by atoms with Gasteiger partial charge in [-0.05, 0) is 12.1 Å². The number of phenolic OH excluding ortho intramolecular Hbond substituents is 1. The Labute approximate surface area is 89.2 Å². The zero-order valence-electron chi connectivity index (χ0n) is 6.85. The van der Waals surface area contributed by atoms with Crippen molar-refractivity contribution in [3.63, 3.8) is 0 Å². The number of hydrogen-bond acceptors (Lipinski definition) is 2. The first-order chi connectivity index (χ1) is 6.43. The zero-order chi connectivity index (χ0) is 10.9. The van der Waals surface area contributed by atoms with Crippen LogP contribution in [-0.4, -0.2) is 11.5 Å². The minimum Gasteiger partial charge on any atom is -0.506 e. The minimum atomic E-state index is -2.78. The third-order valence-corrected chi connectivity index (χ3v) is 2.19. The Morgan fingerprint density at radius 1 is 1.29 bits per heavy atom. The van der Waals surface area contributed by atoms with Gasteiger partial charge in [0, 0.05) is 10.6 Å². The monoisotopic (exact) mass is 241 g/mol. The summed E-state index contributed by atoms with van der Waals surface area (Å²) in [6, 6.07) is 0.825. The summed E-state index contributed by atoms with van der Waals surface area (Å²) in [4.78, 5) is 0.